The van der Waals surface area contributed by atoms with Crippen molar-refractivity contribution in [3.63, 3.8) is 0 Å². The maximum atomic E-state index is 12.1. The topological polar surface area (TPSA) is 52.1 Å². The van der Waals surface area contributed by atoms with Gasteiger partial charge in [-0.05, 0) is 60.7 Å². The third-order valence-electron chi connectivity index (χ3n) is 6.85. The molecule has 0 bridgehead atoms. The van der Waals surface area contributed by atoms with Crippen molar-refractivity contribution in [3.05, 3.63) is 113 Å². The van der Waals surface area contributed by atoms with Gasteiger partial charge in [0.15, 0.2) is 0 Å². The Balaban J connectivity index is 1.33. The SMILES string of the molecule is OC(c1ccccc1)(c1ccccc1)C1CCN(Cc2cn[nH]c2-c2ccc(Cl)cc2)CC1. The predicted octanol–water partition coefficient (Wildman–Crippen LogP) is 5.88. The second-order valence-electron chi connectivity index (χ2n) is 8.83. The molecule has 5 heteroatoms. The van der Waals surface area contributed by atoms with Crippen molar-refractivity contribution in [1.29, 1.82) is 0 Å². The van der Waals surface area contributed by atoms with E-state index in [9.17, 15) is 5.11 Å². The van der Waals surface area contributed by atoms with E-state index in [0.29, 0.717) is 0 Å². The zero-order valence-electron chi connectivity index (χ0n) is 18.5. The fourth-order valence-corrected chi connectivity index (χ4v) is 5.20. The standard InChI is InChI=1S/C28H28ClN3O/c29-26-13-11-21(12-14-26)27-22(19-30-31-27)20-32-17-15-25(16-18-32)28(33,23-7-3-1-4-8-23)24-9-5-2-6-10-24/h1-14,19,25,33H,15-18,20H2,(H,30,31). The van der Waals surface area contributed by atoms with Gasteiger partial charge in [0.05, 0.1) is 11.9 Å². The third kappa shape index (κ3) is 4.47. The van der Waals surface area contributed by atoms with Crippen LogP contribution in [0.2, 0.25) is 5.02 Å². The highest BCUT2D eigenvalue weighted by atomic mass is 35.5. The van der Waals surface area contributed by atoms with E-state index in [0.717, 1.165) is 59.9 Å². The second-order valence-corrected chi connectivity index (χ2v) is 9.26. The van der Waals surface area contributed by atoms with E-state index in [1.807, 2.05) is 91.1 Å². The maximum absolute atomic E-state index is 12.1. The van der Waals surface area contributed by atoms with Crippen molar-refractivity contribution in [2.45, 2.75) is 25.0 Å². The summed E-state index contributed by atoms with van der Waals surface area (Å²) in [5.74, 6) is 0.152. The van der Waals surface area contributed by atoms with Crippen molar-refractivity contribution in [3.8, 4) is 11.3 Å². The van der Waals surface area contributed by atoms with Crippen molar-refractivity contribution < 1.29 is 5.11 Å². The Labute approximate surface area is 199 Å². The van der Waals surface area contributed by atoms with Gasteiger partial charge in [-0.1, -0.05) is 84.4 Å². The highest BCUT2D eigenvalue weighted by Gasteiger charge is 2.41. The van der Waals surface area contributed by atoms with Crippen LogP contribution in [0.25, 0.3) is 11.3 Å². The van der Waals surface area contributed by atoms with E-state index in [4.69, 9.17) is 11.6 Å². The monoisotopic (exact) mass is 457 g/mol. The van der Waals surface area contributed by atoms with Crippen LogP contribution in [-0.4, -0.2) is 33.3 Å². The summed E-state index contributed by atoms with van der Waals surface area (Å²) in [4.78, 5) is 2.46. The second kappa shape index (κ2) is 9.52. The lowest BCUT2D eigenvalue weighted by molar-refractivity contribution is -0.0152. The number of piperidine rings is 1. The molecule has 0 spiro atoms. The molecule has 2 N–H and O–H groups in total. The van der Waals surface area contributed by atoms with Crippen LogP contribution in [0.1, 0.15) is 29.5 Å². The van der Waals surface area contributed by atoms with Crippen LogP contribution in [0.4, 0.5) is 0 Å². The van der Waals surface area contributed by atoms with Crippen molar-refractivity contribution in [2.75, 3.05) is 13.1 Å². The molecule has 3 aromatic carbocycles. The zero-order valence-corrected chi connectivity index (χ0v) is 19.2. The van der Waals surface area contributed by atoms with Gasteiger partial charge in [0.1, 0.15) is 5.60 Å². The summed E-state index contributed by atoms with van der Waals surface area (Å²) in [6.07, 6.45) is 3.77. The number of hydrogen-bond acceptors (Lipinski definition) is 3. The van der Waals surface area contributed by atoms with E-state index in [2.05, 4.69) is 15.1 Å². The van der Waals surface area contributed by atoms with E-state index in [-0.39, 0.29) is 5.92 Å². The lowest BCUT2D eigenvalue weighted by Gasteiger charge is -2.42. The molecule has 0 amide bonds. The van der Waals surface area contributed by atoms with Gasteiger partial charge in [0.25, 0.3) is 0 Å². The van der Waals surface area contributed by atoms with Crippen LogP contribution in [0, 0.1) is 5.92 Å². The quantitative estimate of drug-likeness (QED) is 0.380. The minimum Gasteiger partial charge on any atom is -0.380 e. The van der Waals surface area contributed by atoms with Crippen molar-refractivity contribution >= 4 is 11.6 Å². The Morgan fingerprint density at radius 1 is 0.879 bits per heavy atom. The van der Waals surface area contributed by atoms with Crippen molar-refractivity contribution in [2.24, 2.45) is 5.92 Å². The summed E-state index contributed by atoms with van der Waals surface area (Å²) in [5.41, 5.74) is 4.25. The van der Waals surface area contributed by atoms with Crippen LogP contribution in [0.3, 0.4) is 0 Å². The number of halogens is 1. The number of nitrogens with zero attached hydrogens (tertiary/aromatic N) is 2. The van der Waals surface area contributed by atoms with Crippen molar-refractivity contribution in [1.82, 2.24) is 15.1 Å². The fraction of sp³-hybridized carbons (Fsp3) is 0.250. The number of benzene rings is 3. The molecule has 0 saturated carbocycles. The molecule has 4 aromatic rings. The van der Waals surface area contributed by atoms with Gasteiger partial charge in [-0.25, -0.2) is 0 Å². The normalized spacial score (nSPS) is 15.6. The van der Waals surface area contributed by atoms with Gasteiger partial charge in [-0.3, -0.25) is 10.00 Å². The number of aliphatic hydroxyl groups is 1. The molecule has 0 unspecified atom stereocenters. The highest BCUT2D eigenvalue weighted by molar-refractivity contribution is 6.30. The molecule has 1 aliphatic heterocycles. The fourth-order valence-electron chi connectivity index (χ4n) is 5.07. The molecule has 4 nitrogen and oxygen atoms in total. The lowest BCUT2D eigenvalue weighted by atomic mass is 9.72. The Kier molecular flexibility index (Phi) is 6.32. The minimum absolute atomic E-state index is 0.152. The first-order valence-corrected chi connectivity index (χ1v) is 11.9. The molecule has 0 radical (unpaired) electrons. The molecule has 1 fully saturated rings. The first-order chi connectivity index (χ1) is 16.1. The summed E-state index contributed by atoms with van der Waals surface area (Å²) in [6, 6.07) is 28.1. The number of aromatic nitrogens is 2. The first-order valence-electron chi connectivity index (χ1n) is 11.5. The van der Waals surface area contributed by atoms with E-state index in [1.165, 1.54) is 5.56 Å². The molecule has 1 saturated heterocycles. The number of aromatic amines is 1. The van der Waals surface area contributed by atoms with Crippen LogP contribution in [0.15, 0.2) is 91.1 Å². The van der Waals surface area contributed by atoms with Gasteiger partial charge in [-0.15, -0.1) is 0 Å². The Bertz CT molecular complexity index is 1130. The smallest absolute Gasteiger partial charge is 0.117 e. The van der Waals surface area contributed by atoms with Crippen LogP contribution in [-0.2, 0) is 12.1 Å². The zero-order chi connectivity index (χ0) is 22.7. The lowest BCUT2D eigenvalue weighted by Crippen LogP contribution is -2.44. The third-order valence-corrected chi connectivity index (χ3v) is 7.10. The molecule has 2 heterocycles. The van der Waals surface area contributed by atoms with Gasteiger partial charge in [-0.2, -0.15) is 5.10 Å². The van der Waals surface area contributed by atoms with Crippen LogP contribution in [0.5, 0.6) is 0 Å². The van der Waals surface area contributed by atoms with E-state index in [1.54, 1.807) is 0 Å². The summed E-state index contributed by atoms with van der Waals surface area (Å²) < 4.78 is 0. The molecule has 1 aromatic heterocycles. The number of rotatable bonds is 6. The molecule has 33 heavy (non-hydrogen) atoms. The maximum Gasteiger partial charge on any atom is 0.117 e. The Morgan fingerprint density at radius 3 is 2.03 bits per heavy atom. The van der Waals surface area contributed by atoms with Gasteiger partial charge in [0, 0.05) is 17.1 Å². The van der Waals surface area contributed by atoms with Gasteiger partial charge < -0.3 is 5.11 Å². The van der Waals surface area contributed by atoms with Crippen LogP contribution >= 0.6 is 11.6 Å². The van der Waals surface area contributed by atoms with E-state index < -0.39 is 5.60 Å². The molecule has 0 aliphatic carbocycles. The molecule has 5 rings (SSSR count). The summed E-state index contributed by atoms with van der Waals surface area (Å²) >= 11 is 6.05. The van der Waals surface area contributed by atoms with Gasteiger partial charge >= 0.3 is 0 Å². The number of H-pyrrole nitrogens is 1. The molecular formula is C28H28ClN3O. The summed E-state index contributed by atoms with van der Waals surface area (Å²) in [6.45, 7) is 2.69. The van der Waals surface area contributed by atoms with Gasteiger partial charge in [0.2, 0.25) is 0 Å². The predicted molar refractivity (Wildman–Crippen MR) is 133 cm³/mol. The number of hydrogen-bond donors (Lipinski definition) is 2. The largest absolute Gasteiger partial charge is 0.380 e. The first kappa shape index (κ1) is 21.9. The molecular weight excluding hydrogens is 430 g/mol. The molecule has 0 atom stereocenters. The van der Waals surface area contributed by atoms with Crippen LogP contribution < -0.4 is 0 Å². The minimum atomic E-state index is -0.987. The number of likely N-dealkylation sites (tertiary alicyclic amines) is 1. The van der Waals surface area contributed by atoms with E-state index >= 15 is 0 Å². The highest BCUT2D eigenvalue weighted by Crippen LogP contribution is 2.42. The Morgan fingerprint density at radius 2 is 1.45 bits per heavy atom. The summed E-state index contributed by atoms with van der Waals surface area (Å²) in [5, 5.41) is 20.3. The Hall–Kier alpha value is -2.92. The summed E-state index contributed by atoms with van der Waals surface area (Å²) in [7, 11) is 0. The molecule has 1 aliphatic rings. The average Bonchev–Trinajstić information content (AvgIpc) is 3.33. The molecule has 168 valence electrons. The number of nitrogens with one attached hydrogen (secondary N) is 1. The average molecular weight is 458 g/mol.